The fourth-order valence-electron chi connectivity index (χ4n) is 3.66. The number of aliphatic carboxylic acids is 1. The Bertz CT molecular complexity index is 966. The molecule has 1 aliphatic rings. The van der Waals surface area contributed by atoms with E-state index in [-0.39, 0.29) is 18.9 Å². The lowest BCUT2D eigenvalue weighted by molar-refractivity contribution is -0.146. The number of alkyl carbamates (subject to hydrolysis) is 1. The van der Waals surface area contributed by atoms with Crippen LogP contribution in [0.15, 0.2) is 48.5 Å². The molecule has 0 aromatic heterocycles. The van der Waals surface area contributed by atoms with Crippen molar-refractivity contribution in [3.63, 3.8) is 0 Å². The van der Waals surface area contributed by atoms with Gasteiger partial charge in [-0.15, -0.1) is 0 Å². The standard InChI is InChI=1S/C23H24F2N2O5/c1-2-14(20(28)29)11-26-21(30)23(24,25)13-27-22(31)32-12-19-17-9-5-3-7-15(17)16-8-4-6-10-18(16)19/h3-10,14,19H,2,11-13H2,1H3,(H,26,30)(H,27,31)(H,28,29). The number of carboxylic acid groups (broad SMARTS) is 1. The molecule has 0 radical (unpaired) electrons. The molecule has 7 nitrogen and oxygen atoms in total. The van der Waals surface area contributed by atoms with Gasteiger partial charge in [0, 0.05) is 12.5 Å². The zero-order valence-corrected chi connectivity index (χ0v) is 17.4. The average molecular weight is 446 g/mol. The summed E-state index contributed by atoms with van der Waals surface area (Å²) in [5.74, 6) is -7.95. The predicted molar refractivity (Wildman–Crippen MR) is 112 cm³/mol. The molecule has 0 saturated heterocycles. The van der Waals surface area contributed by atoms with Crippen LogP contribution in [0.4, 0.5) is 13.6 Å². The minimum Gasteiger partial charge on any atom is -0.481 e. The molecule has 0 spiro atoms. The van der Waals surface area contributed by atoms with E-state index in [9.17, 15) is 23.2 Å². The summed E-state index contributed by atoms with van der Waals surface area (Å²) in [6.45, 7) is -0.166. The maximum Gasteiger partial charge on any atom is 0.407 e. The van der Waals surface area contributed by atoms with Gasteiger partial charge >= 0.3 is 18.0 Å². The zero-order valence-electron chi connectivity index (χ0n) is 17.4. The van der Waals surface area contributed by atoms with E-state index in [2.05, 4.69) is 0 Å². The third-order valence-corrected chi connectivity index (χ3v) is 5.48. The summed E-state index contributed by atoms with van der Waals surface area (Å²) >= 11 is 0. The molecule has 2 aromatic rings. The smallest absolute Gasteiger partial charge is 0.407 e. The normalized spacial score (nSPS) is 13.6. The largest absolute Gasteiger partial charge is 0.481 e. The SMILES string of the molecule is CCC(CNC(=O)C(F)(F)CNC(=O)OCC1c2ccccc2-c2ccccc21)C(=O)O. The van der Waals surface area contributed by atoms with Crippen LogP contribution in [-0.2, 0) is 14.3 Å². The number of amides is 2. The number of nitrogens with one attached hydrogen (secondary N) is 2. The Hall–Kier alpha value is -3.49. The average Bonchev–Trinajstić information content (AvgIpc) is 3.10. The van der Waals surface area contributed by atoms with Crippen molar-refractivity contribution in [1.82, 2.24) is 10.6 Å². The molecular formula is C23H24F2N2O5. The van der Waals surface area contributed by atoms with E-state index in [1.165, 1.54) is 0 Å². The molecule has 0 aliphatic heterocycles. The number of carbonyl (C=O) groups is 3. The van der Waals surface area contributed by atoms with Crippen LogP contribution in [0.3, 0.4) is 0 Å². The number of hydrogen-bond donors (Lipinski definition) is 3. The molecule has 1 atom stereocenters. The van der Waals surface area contributed by atoms with Crippen molar-refractivity contribution in [3.05, 3.63) is 59.7 Å². The van der Waals surface area contributed by atoms with Crippen LogP contribution in [0.1, 0.15) is 30.4 Å². The second-order valence-electron chi connectivity index (χ2n) is 7.54. The molecule has 0 saturated carbocycles. The molecule has 3 rings (SSSR count). The number of rotatable bonds is 9. The summed E-state index contributed by atoms with van der Waals surface area (Å²) < 4.78 is 33.2. The lowest BCUT2D eigenvalue weighted by Gasteiger charge is -2.19. The van der Waals surface area contributed by atoms with Gasteiger partial charge in [0.1, 0.15) is 6.61 Å². The van der Waals surface area contributed by atoms with Gasteiger partial charge in [-0.25, -0.2) is 4.79 Å². The molecule has 1 aliphatic carbocycles. The zero-order chi connectivity index (χ0) is 23.3. The number of benzene rings is 2. The maximum atomic E-state index is 14.0. The number of carbonyl (C=O) groups excluding carboxylic acids is 2. The molecule has 3 N–H and O–H groups in total. The van der Waals surface area contributed by atoms with Crippen molar-refractivity contribution in [2.24, 2.45) is 5.92 Å². The monoisotopic (exact) mass is 446 g/mol. The molecule has 1 unspecified atom stereocenters. The van der Waals surface area contributed by atoms with E-state index in [1.54, 1.807) is 6.92 Å². The topological polar surface area (TPSA) is 105 Å². The van der Waals surface area contributed by atoms with E-state index in [1.807, 2.05) is 59.2 Å². The van der Waals surface area contributed by atoms with Crippen LogP contribution in [0.2, 0.25) is 0 Å². The highest BCUT2D eigenvalue weighted by molar-refractivity contribution is 5.85. The number of alkyl halides is 2. The Morgan fingerprint density at radius 1 is 1.03 bits per heavy atom. The second-order valence-corrected chi connectivity index (χ2v) is 7.54. The minimum atomic E-state index is -3.91. The number of hydrogen-bond acceptors (Lipinski definition) is 4. The highest BCUT2D eigenvalue weighted by Gasteiger charge is 2.39. The minimum absolute atomic E-state index is 0.0472. The Morgan fingerprint density at radius 3 is 2.12 bits per heavy atom. The van der Waals surface area contributed by atoms with Crippen molar-refractivity contribution < 1.29 is 33.0 Å². The molecular weight excluding hydrogens is 422 g/mol. The van der Waals surface area contributed by atoms with Crippen LogP contribution in [0.5, 0.6) is 0 Å². The molecule has 0 heterocycles. The van der Waals surface area contributed by atoms with Crippen LogP contribution in [0.25, 0.3) is 11.1 Å². The summed E-state index contributed by atoms with van der Waals surface area (Å²) in [5.41, 5.74) is 4.03. The molecule has 9 heteroatoms. The van der Waals surface area contributed by atoms with Crippen molar-refractivity contribution in [2.45, 2.75) is 25.2 Å². The summed E-state index contributed by atoms with van der Waals surface area (Å²) in [6, 6.07) is 15.4. The van der Waals surface area contributed by atoms with E-state index in [0.717, 1.165) is 22.3 Å². The van der Waals surface area contributed by atoms with Crippen LogP contribution < -0.4 is 10.6 Å². The highest BCUT2D eigenvalue weighted by atomic mass is 19.3. The maximum absolute atomic E-state index is 14.0. The third-order valence-electron chi connectivity index (χ3n) is 5.48. The second kappa shape index (κ2) is 9.76. The van der Waals surface area contributed by atoms with Gasteiger partial charge in [0.25, 0.3) is 5.91 Å². The van der Waals surface area contributed by atoms with Crippen molar-refractivity contribution in [2.75, 3.05) is 19.7 Å². The van der Waals surface area contributed by atoms with Gasteiger partial charge in [-0.2, -0.15) is 8.78 Å². The summed E-state index contributed by atoms with van der Waals surface area (Å²) in [4.78, 5) is 34.7. The first-order valence-corrected chi connectivity index (χ1v) is 10.2. The van der Waals surface area contributed by atoms with E-state index >= 15 is 0 Å². The molecule has 2 aromatic carbocycles. The first-order valence-electron chi connectivity index (χ1n) is 10.2. The first kappa shape index (κ1) is 23.2. The lowest BCUT2D eigenvalue weighted by Crippen LogP contribution is -2.49. The van der Waals surface area contributed by atoms with E-state index < -0.39 is 42.9 Å². The number of carboxylic acids is 1. The van der Waals surface area contributed by atoms with Gasteiger partial charge in [-0.1, -0.05) is 55.5 Å². The fraction of sp³-hybridized carbons (Fsp3) is 0.348. The number of ether oxygens (including phenoxy) is 1. The van der Waals surface area contributed by atoms with Crippen molar-refractivity contribution in [3.8, 4) is 11.1 Å². The van der Waals surface area contributed by atoms with Crippen LogP contribution in [-0.4, -0.2) is 48.7 Å². The quantitative estimate of drug-likeness (QED) is 0.548. The van der Waals surface area contributed by atoms with Gasteiger partial charge in [0.15, 0.2) is 0 Å². The van der Waals surface area contributed by atoms with Gasteiger partial charge in [-0.3, -0.25) is 9.59 Å². The Kier molecular flexibility index (Phi) is 7.07. The predicted octanol–water partition coefficient (Wildman–Crippen LogP) is 3.39. The summed E-state index contributed by atoms with van der Waals surface area (Å²) in [7, 11) is 0. The first-order chi connectivity index (χ1) is 15.2. The third kappa shape index (κ3) is 5.04. The lowest BCUT2D eigenvalue weighted by atomic mass is 9.98. The molecule has 2 amide bonds. The van der Waals surface area contributed by atoms with Gasteiger partial charge < -0.3 is 20.5 Å². The Morgan fingerprint density at radius 2 is 1.59 bits per heavy atom. The van der Waals surface area contributed by atoms with Crippen molar-refractivity contribution in [1.29, 1.82) is 0 Å². The Balaban J connectivity index is 1.53. The molecule has 0 fully saturated rings. The Labute approximate surface area is 183 Å². The van der Waals surface area contributed by atoms with E-state index in [4.69, 9.17) is 9.84 Å². The highest BCUT2D eigenvalue weighted by Crippen LogP contribution is 2.44. The van der Waals surface area contributed by atoms with Crippen molar-refractivity contribution >= 4 is 18.0 Å². The van der Waals surface area contributed by atoms with E-state index in [0.29, 0.717) is 0 Å². The molecule has 32 heavy (non-hydrogen) atoms. The van der Waals surface area contributed by atoms with Gasteiger partial charge in [0.05, 0.1) is 12.5 Å². The summed E-state index contributed by atoms with van der Waals surface area (Å²) in [5, 5.41) is 12.8. The number of halogens is 2. The fourth-order valence-corrected chi connectivity index (χ4v) is 3.66. The van der Waals surface area contributed by atoms with Crippen LogP contribution >= 0.6 is 0 Å². The molecule has 0 bridgehead atoms. The summed E-state index contributed by atoms with van der Waals surface area (Å²) in [6.07, 6.45) is -0.893. The number of fused-ring (bicyclic) bond motifs is 3. The van der Waals surface area contributed by atoms with Gasteiger partial charge in [0.2, 0.25) is 0 Å². The van der Waals surface area contributed by atoms with Gasteiger partial charge in [-0.05, 0) is 28.7 Å². The van der Waals surface area contributed by atoms with Crippen LogP contribution in [0, 0.1) is 5.92 Å². The molecule has 170 valence electrons.